The third-order valence-corrected chi connectivity index (χ3v) is 1.58. The fourth-order valence-electron chi connectivity index (χ4n) is 0.904. The maximum atomic E-state index is 12.4. The molecule has 1 heterocycles. The molecule has 0 aliphatic carbocycles. The molecule has 0 aromatic carbocycles. The molecule has 0 bridgehead atoms. The Morgan fingerprint density at radius 2 is 2.33 bits per heavy atom. The number of nitrogens with zero attached hydrogens (tertiary/aromatic N) is 1. The normalized spacial score (nSPS) is 9.83. The summed E-state index contributed by atoms with van der Waals surface area (Å²) in [5.41, 5.74) is 7.08. The molecule has 3 heteroatoms. The lowest BCUT2D eigenvalue weighted by molar-refractivity contribution is 0.583. The fourth-order valence-corrected chi connectivity index (χ4v) is 0.904. The average molecular weight is 166 g/mol. The second kappa shape index (κ2) is 3.97. The van der Waals surface area contributed by atoms with Gasteiger partial charge in [-0.05, 0) is 36.2 Å². The summed E-state index contributed by atoms with van der Waals surface area (Å²) in [6.45, 7) is 4.35. The van der Waals surface area contributed by atoms with Crippen LogP contribution in [0, 0.1) is 5.95 Å². The van der Waals surface area contributed by atoms with E-state index in [0.29, 0.717) is 13.0 Å². The monoisotopic (exact) mass is 166 g/mol. The van der Waals surface area contributed by atoms with Crippen molar-refractivity contribution in [3.05, 3.63) is 36.4 Å². The quantitative estimate of drug-likeness (QED) is 0.692. The van der Waals surface area contributed by atoms with Crippen LogP contribution < -0.4 is 5.73 Å². The zero-order valence-electron chi connectivity index (χ0n) is 6.76. The van der Waals surface area contributed by atoms with E-state index in [2.05, 4.69) is 11.6 Å². The number of hydrogen-bond donors (Lipinski definition) is 1. The minimum absolute atomic E-state index is 0.473. The van der Waals surface area contributed by atoms with Gasteiger partial charge < -0.3 is 5.73 Å². The molecule has 0 aliphatic heterocycles. The molecule has 0 saturated heterocycles. The summed E-state index contributed by atoms with van der Waals surface area (Å²) >= 11 is 0. The Morgan fingerprint density at radius 3 is 2.83 bits per heavy atom. The van der Waals surface area contributed by atoms with Crippen molar-refractivity contribution in [1.29, 1.82) is 0 Å². The first-order valence-electron chi connectivity index (χ1n) is 3.74. The second-order valence-corrected chi connectivity index (χ2v) is 2.51. The Bertz CT molecular complexity index is 266. The Hall–Kier alpha value is -1.22. The van der Waals surface area contributed by atoms with Gasteiger partial charge in [-0.15, -0.1) is 0 Å². The van der Waals surface area contributed by atoms with Gasteiger partial charge in [0.1, 0.15) is 0 Å². The van der Waals surface area contributed by atoms with Gasteiger partial charge in [0.25, 0.3) is 0 Å². The summed E-state index contributed by atoms with van der Waals surface area (Å²) in [6.07, 6.45) is 2.18. The minimum Gasteiger partial charge on any atom is -0.330 e. The van der Waals surface area contributed by atoms with Gasteiger partial charge in [0.2, 0.25) is 5.95 Å². The van der Waals surface area contributed by atoms with E-state index in [-0.39, 0.29) is 0 Å². The zero-order chi connectivity index (χ0) is 8.97. The molecule has 2 nitrogen and oxygen atoms in total. The highest BCUT2D eigenvalue weighted by molar-refractivity contribution is 5.62. The molecule has 0 spiro atoms. The maximum absolute atomic E-state index is 12.4. The molecule has 0 atom stereocenters. The zero-order valence-corrected chi connectivity index (χ0v) is 6.76. The standard InChI is InChI=1S/C9H11FN2/c1-7(4-5-11)8-2-3-9(10)12-6-8/h2-3,6H,1,4-5,11H2. The van der Waals surface area contributed by atoms with Crippen LogP contribution in [0.5, 0.6) is 0 Å². The Labute approximate surface area is 70.9 Å². The van der Waals surface area contributed by atoms with Gasteiger partial charge in [-0.1, -0.05) is 6.58 Å². The van der Waals surface area contributed by atoms with E-state index < -0.39 is 5.95 Å². The van der Waals surface area contributed by atoms with Gasteiger partial charge in [-0.2, -0.15) is 4.39 Å². The third kappa shape index (κ3) is 2.13. The smallest absolute Gasteiger partial charge is 0.212 e. The average Bonchev–Trinajstić information content (AvgIpc) is 2.06. The molecule has 0 unspecified atom stereocenters. The summed E-state index contributed by atoms with van der Waals surface area (Å²) in [5.74, 6) is -0.473. The number of hydrogen-bond acceptors (Lipinski definition) is 2. The van der Waals surface area contributed by atoms with Crippen molar-refractivity contribution in [2.45, 2.75) is 6.42 Å². The minimum atomic E-state index is -0.473. The van der Waals surface area contributed by atoms with Crippen molar-refractivity contribution in [3.8, 4) is 0 Å². The molecular formula is C9H11FN2. The molecule has 0 amide bonds. The molecule has 2 N–H and O–H groups in total. The van der Waals surface area contributed by atoms with Crippen LogP contribution in [-0.2, 0) is 0 Å². The number of halogens is 1. The molecule has 64 valence electrons. The maximum Gasteiger partial charge on any atom is 0.212 e. The highest BCUT2D eigenvalue weighted by Crippen LogP contribution is 2.13. The summed E-state index contributed by atoms with van der Waals surface area (Å²) in [4.78, 5) is 3.51. The molecule has 0 aliphatic rings. The highest BCUT2D eigenvalue weighted by Gasteiger charge is 1.98. The fraction of sp³-hybridized carbons (Fsp3) is 0.222. The molecule has 12 heavy (non-hydrogen) atoms. The SMILES string of the molecule is C=C(CCN)c1ccc(F)nc1. The molecule has 1 aromatic heterocycles. The van der Waals surface area contributed by atoms with Crippen molar-refractivity contribution in [2.24, 2.45) is 5.73 Å². The number of aromatic nitrogens is 1. The van der Waals surface area contributed by atoms with Crippen molar-refractivity contribution >= 4 is 5.57 Å². The van der Waals surface area contributed by atoms with Crippen LogP contribution in [0.1, 0.15) is 12.0 Å². The largest absolute Gasteiger partial charge is 0.330 e. The number of pyridine rings is 1. The van der Waals surface area contributed by atoms with Gasteiger partial charge in [0.15, 0.2) is 0 Å². The van der Waals surface area contributed by atoms with E-state index in [1.54, 1.807) is 6.07 Å². The van der Waals surface area contributed by atoms with Gasteiger partial charge in [-0.3, -0.25) is 0 Å². The van der Waals surface area contributed by atoms with Gasteiger partial charge >= 0.3 is 0 Å². The van der Waals surface area contributed by atoms with E-state index in [0.717, 1.165) is 11.1 Å². The molecule has 1 aromatic rings. The Kier molecular flexibility index (Phi) is 2.94. The molecule has 0 radical (unpaired) electrons. The van der Waals surface area contributed by atoms with Crippen LogP contribution in [0.15, 0.2) is 24.9 Å². The van der Waals surface area contributed by atoms with E-state index in [9.17, 15) is 4.39 Å². The Balaban J connectivity index is 2.75. The van der Waals surface area contributed by atoms with Crippen LogP contribution in [0.25, 0.3) is 5.57 Å². The van der Waals surface area contributed by atoms with Crippen molar-refractivity contribution < 1.29 is 4.39 Å². The molecule has 1 rings (SSSR count). The van der Waals surface area contributed by atoms with E-state index in [1.165, 1.54) is 12.3 Å². The van der Waals surface area contributed by atoms with Crippen LogP contribution in [0.3, 0.4) is 0 Å². The molecule has 0 saturated carbocycles. The number of rotatable bonds is 3. The predicted molar refractivity (Wildman–Crippen MR) is 46.9 cm³/mol. The third-order valence-electron chi connectivity index (χ3n) is 1.58. The lowest BCUT2D eigenvalue weighted by Gasteiger charge is -2.02. The summed E-state index contributed by atoms with van der Waals surface area (Å²) < 4.78 is 12.4. The second-order valence-electron chi connectivity index (χ2n) is 2.51. The number of nitrogens with two attached hydrogens (primary N) is 1. The van der Waals surface area contributed by atoms with E-state index in [1.807, 2.05) is 0 Å². The molecule has 0 fully saturated rings. The van der Waals surface area contributed by atoms with Gasteiger partial charge in [-0.25, -0.2) is 4.98 Å². The van der Waals surface area contributed by atoms with E-state index in [4.69, 9.17) is 5.73 Å². The van der Waals surface area contributed by atoms with Gasteiger partial charge in [0.05, 0.1) is 0 Å². The van der Waals surface area contributed by atoms with Crippen molar-refractivity contribution in [3.63, 3.8) is 0 Å². The van der Waals surface area contributed by atoms with Crippen LogP contribution in [0.4, 0.5) is 4.39 Å². The predicted octanol–water partition coefficient (Wildman–Crippen LogP) is 1.58. The van der Waals surface area contributed by atoms with Gasteiger partial charge in [0, 0.05) is 6.20 Å². The van der Waals surface area contributed by atoms with Crippen molar-refractivity contribution in [1.82, 2.24) is 4.98 Å². The van der Waals surface area contributed by atoms with Crippen molar-refractivity contribution in [2.75, 3.05) is 6.54 Å². The summed E-state index contributed by atoms with van der Waals surface area (Å²) in [6, 6.07) is 2.97. The Morgan fingerprint density at radius 1 is 1.58 bits per heavy atom. The first-order valence-corrected chi connectivity index (χ1v) is 3.74. The first-order chi connectivity index (χ1) is 5.74. The first kappa shape index (κ1) is 8.87. The lowest BCUT2D eigenvalue weighted by atomic mass is 10.1. The topological polar surface area (TPSA) is 38.9 Å². The van der Waals surface area contributed by atoms with Crippen LogP contribution >= 0.6 is 0 Å². The lowest BCUT2D eigenvalue weighted by Crippen LogP contribution is -1.99. The van der Waals surface area contributed by atoms with Crippen LogP contribution in [-0.4, -0.2) is 11.5 Å². The summed E-state index contributed by atoms with van der Waals surface area (Å²) in [7, 11) is 0. The van der Waals surface area contributed by atoms with Crippen LogP contribution in [0.2, 0.25) is 0 Å². The summed E-state index contributed by atoms with van der Waals surface area (Å²) in [5, 5.41) is 0. The molecular weight excluding hydrogens is 155 g/mol. The van der Waals surface area contributed by atoms with E-state index >= 15 is 0 Å². The highest BCUT2D eigenvalue weighted by atomic mass is 19.1.